The van der Waals surface area contributed by atoms with Crippen molar-refractivity contribution in [2.75, 3.05) is 25.7 Å². The molecule has 0 saturated carbocycles. The SMILES string of the molecule is COc1ccc(CCC(=O)N(C)[C@H]2CCS(=O)(=O)C2)cc1F. The first-order valence-corrected chi connectivity index (χ1v) is 8.93. The standard InChI is InChI=1S/C15H20FNO4S/c1-17(12-7-8-22(19,20)10-12)15(18)6-4-11-3-5-14(21-2)13(16)9-11/h3,5,9,12H,4,6-8,10H2,1-2H3/t12-/m0/s1. The van der Waals surface area contributed by atoms with Crippen LogP contribution in [0.15, 0.2) is 18.2 Å². The van der Waals surface area contributed by atoms with Gasteiger partial charge in [-0.1, -0.05) is 6.07 Å². The topological polar surface area (TPSA) is 63.7 Å². The van der Waals surface area contributed by atoms with Crippen molar-refractivity contribution in [1.29, 1.82) is 0 Å². The van der Waals surface area contributed by atoms with E-state index < -0.39 is 15.7 Å². The number of ether oxygens (including phenoxy) is 1. The van der Waals surface area contributed by atoms with Gasteiger partial charge in [-0.2, -0.15) is 0 Å². The van der Waals surface area contributed by atoms with Gasteiger partial charge in [0, 0.05) is 19.5 Å². The van der Waals surface area contributed by atoms with E-state index in [0.717, 1.165) is 0 Å². The number of carbonyl (C=O) groups excluding carboxylic acids is 1. The van der Waals surface area contributed by atoms with Crippen LogP contribution in [-0.4, -0.2) is 50.9 Å². The Morgan fingerprint density at radius 2 is 2.18 bits per heavy atom. The van der Waals surface area contributed by atoms with Crippen molar-refractivity contribution in [2.24, 2.45) is 0 Å². The average Bonchev–Trinajstić information content (AvgIpc) is 2.84. The minimum atomic E-state index is -3.01. The van der Waals surface area contributed by atoms with Crippen LogP contribution in [0.4, 0.5) is 4.39 Å². The number of nitrogens with zero attached hydrogens (tertiary/aromatic N) is 1. The van der Waals surface area contributed by atoms with Crippen LogP contribution in [0.5, 0.6) is 5.75 Å². The Kier molecular flexibility index (Phi) is 5.05. The predicted molar refractivity (Wildman–Crippen MR) is 81.1 cm³/mol. The fourth-order valence-electron chi connectivity index (χ4n) is 2.58. The summed E-state index contributed by atoms with van der Waals surface area (Å²) in [6, 6.07) is 4.36. The van der Waals surface area contributed by atoms with E-state index in [1.54, 1.807) is 13.1 Å². The Labute approximate surface area is 130 Å². The molecule has 5 nitrogen and oxygen atoms in total. The molecule has 0 aliphatic carbocycles. The third kappa shape index (κ3) is 3.97. The van der Waals surface area contributed by atoms with Crippen LogP contribution in [0.3, 0.4) is 0 Å². The lowest BCUT2D eigenvalue weighted by Gasteiger charge is -2.23. The van der Waals surface area contributed by atoms with Crippen LogP contribution in [0, 0.1) is 5.82 Å². The third-order valence-corrected chi connectivity index (χ3v) is 5.74. The molecule has 1 aliphatic rings. The number of amides is 1. The van der Waals surface area contributed by atoms with Crippen molar-refractivity contribution < 1.29 is 22.3 Å². The lowest BCUT2D eigenvalue weighted by Crippen LogP contribution is -2.37. The number of halogens is 1. The summed E-state index contributed by atoms with van der Waals surface area (Å²) in [5.74, 6) is -0.241. The van der Waals surface area contributed by atoms with Crippen LogP contribution in [0.1, 0.15) is 18.4 Å². The highest BCUT2D eigenvalue weighted by Gasteiger charge is 2.32. The summed E-state index contributed by atoms with van der Waals surface area (Å²) >= 11 is 0. The largest absolute Gasteiger partial charge is 0.494 e. The van der Waals surface area contributed by atoms with E-state index in [0.29, 0.717) is 18.4 Å². The van der Waals surface area contributed by atoms with Gasteiger partial charge >= 0.3 is 0 Å². The third-order valence-electron chi connectivity index (χ3n) is 3.99. The van der Waals surface area contributed by atoms with Gasteiger partial charge < -0.3 is 9.64 Å². The van der Waals surface area contributed by atoms with Crippen molar-refractivity contribution in [2.45, 2.75) is 25.3 Å². The Balaban J connectivity index is 1.91. The zero-order chi connectivity index (χ0) is 16.3. The van der Waals surface area contributed by atoms with Crippen molar-refractivity contribution in [3.05, 3.63) is 29.6 Å². The number of carbonyl (C=O) groups is 1. The summed E-state index contributed by atoms with van der Waals surface area (Å²) in [5, 5.41) is 0. The first kappa shape index (κ1) is 16.7. The summed E-state index contributed by atoms with van der Waals surface area (Å²) in [6.45, 7) is 0. The van der Waals surface area contributed by atoms with Crippen LogP contribution in [-0.2, 0) is 21.1 Å². The molecule has 7 heteroatoms. The molecule has 2 rings (SSSR count). The molecule has 1 aliphatic heterocycles. The van der Waals surface area contributed by atoms with Crippen molar-refractivity contribution in [3.8, 4) is 5.75 Å². The first-order valence-electron chi connectivity index (χ1n) is 7.11. The highest BCUT2D eigenvalue weighted by Crippen LogP contribution is 2.20. The second-order valence-electron chi connectivity index (χ2n) is 5.53. The molecule has 1 atom stereocenters. The van der Waals surface area contributed by atoms with Gasteiger partial charge in [-0.25, -0.2) is 12.8 Å². The maximum absolute atomic E-state index is 13.6. The number of benzene rings is 1. The Morgan fingerprint density at radius 3 is 2.73 bits per heavy atom. The molecule has 1 fully saturated rings. The monoisotopic (exact) mass is 329 g/mol. The van der Waals surface area contributed by atoms with E-state index >= 15 is 0 Å². The maximum Gasteiger partial charge on any atom is 0.222 e. The molecule has 1 aromatic rings. The fourth-order valence-corrected chi connectivity index (χ4v) is 4.35. The number of rotatable bonds is 5. The lowest BCUT2D eigenvalue weighted by molar-refractivity contribution is -0.131. The summed E-state index contributed by atoms with van der Waals surface area (Å²) < 4.78 is 41.3. The van der Waals surface area contributed by atoms with Gasteiger partial charge in [0.25, 0.3) is 0 Å². The molecule has 0 aromatic heterocycles. The van der Waals surface area contributed by atoms with Crippen LogP contribution >= 0.6 is 0 Å². The molecule has 0 radical (unpaired) electrons. The van der Waals surface area contributed by atoms with Gasteiger partial charge in [-0.15, -0.1) is 0 Å². The van der Waals surface area contributed by atoms with Gasteiger partial charge in [0.2, 0.25) is 5.91 Å². The van der Waals surface area contributed by atoms with Crippen molar-refractivity contribution in [3.63, 3.8) is 0 Å². The highest BCUT2D eigenvalue weighted by molar-refractivity contribution is 7.91. The van der Waals surface area contributed by atoms with Gasteiger partial charge in [0.1, 0.15) is 0 Å². The smallest absolute Gasteiger partial charge is 0.222 e. The molecule has 0 spiro atoms. The van der Waals surface area contributed by atoms with E-state index in [9.17, 15) is 17.6 Å². The number of methoxy groups -OCH3 is 1. The molecular formula is C15H20FNO4S. The number of hydrogen-bond acceptors (Lipinski definition) is 4. The molecule has 1 amide bonds. The second kappa shape index (κ2) is 6.64. The minimum absolute atomic E-state index is 0.0341. The van der Waals surface area contributed by atoms with Gasteiger partial charge in [-0.3, -0.25) is 4.79 Å². The summed E-state index contributed by atoms with van der Waals surface area (Å²) in [7, 11) is 0.0107. The van der Waals surface area contributed by atoms with E-state index in [4.69, 9.17) is 4.74 Å². The maximum atomic E-state index is 13.6. The van der Waals surface area contributed by atoms with Crippen LogP contribution in [0.25, 0.3) is 0 Å². The van der Waals surface area contributed by atoms with E-state index in [-0.39, 0.29) is 35.6 Å². The number of sulfone groups is 1. The predicted octanol–water partition coefficient (Wildman–Crippen LogP) is 1.41. The van der Waals surface area contributed by atoms with E-state index in [1.165, 1.54) is 24.1 Å². The van der Waals surface area contributed by atoms with E-state index in [1.807, 2.05) is 0 Å². The molecule has 122 valence electrons. The highest BCUT2D eigenvalue weighted by atomic mass is 32.2. The lowest BCUT2D eigenvalue weighted by atomic mass is 10.1. The number of aryl methyl sites for hydroxylation is 1. The Morgan fingerprint density at radius 1 is 1.45 bits per heavy atom. The molecule has 0 bridgehead atoms. The number of hydrogen-bond donors (Lipinski definition) is 0. The van der Waals surface area contributed by atoms with Gasteiger partial charge in [0.15, 0.2) is 21.4 Å². The minimum Gasteiger partial charge on any atom is -0.494 e. The summed E-state index contributed by atoms with van der Waals surface area (Å²) in [4.78, 5) is 13.6. The quantitative estimate of drug-likeness (QED) is 0.819. The van der Waals surface area contributed by atoms with Crippen LogP contribution in [0.2, 0.25) is 0 Å². The van der Waals surface area contributed by atoms with Crippen LogP contribution < -0.4 is 4.74 Å². The normalized spacial score (nSPS) is 19.9. The Bertz CT molecular complexity index is 660. The molecule has 1 saturated heterocycles. The molecule has 0 N–H and O–H groups in total. The summed E-state index contributed by atoms with van der Waals surface area (Å²) in [5.41, 5.74) is 0.707. The second-order valence-corrected chi connectivity index (χ2v) is 7.76. The van der Waals surface area contributed by atoms with Crippen molar-refractivity contribution in [1.82, 2.24) is 4.90 Å². The molecule has 0 unspecified atom stereocenters. The van der Waals surface area contributed by atoms with Gasteiger partial charge in [-0.05, 0) is 30.5 Å². The molecule has 1 heterocycles. The zero-order valence-electron chi connectivity index (χ0n) is 12.7. The zero-order valence-corrected chi connectivity index (χ0v) is 13.5. The van der Waals surface area contributed by atoms with Crippen molar-refractivity contribution >= 4 is 15.7 Å². The molecule has 1 aromatic carbocycles. The first-order chi connectivity index (χ1) is 10.3. The van der Waals surface area contributed by atoms with Gasteiger partial charge in [0.05, 0.1) is 18.6 Å². The summed E-state index contributed by atoms with van der Waals surface area (Å²) in [6.07, 6.45) is 1.12. The Hall–Kier alpha value is -1.63. The fraction of sp³-hybridized carbons (Fsp3) is 0.533. The molecule has 22 heavy (non-hydrogen) atoms. The van der Waals surface area contributed by atoms with E-state index in [2.05, 4.69) is 0 Å². The average molecular weight is 329 g/mol. The molecular weight excluding hydrogens is 309 g/mol.